The van der Waals surface area contributed by atoms with Crippen LogP contribution >= 0.6 is 0 Å². The maximum atomic E-state index is 13.4. The third kappa shape index (κ3) is 3.85. The Kier molecular flexibility index (Phi) is 5.67. The Labute approximate surface area is 196 Å². The summed E-state index contributed by atoms with van der Waals surface area (Å²) in [6, 6.07) is 20.8. The molecular weight excluding hydrogens is 433 g/mol. The molecule has 0 bridgehead atoms. The van der Waals surface area contributed by atoms with E-state index < -0.39 is 11.4 Å². The number of nitrogens with one attached hydrogen (secondary N) is 1. The molecule has 5 rings (SSSR count). The lowest BCUT2D eigenvalue weighted by molar-refractivity contribution is 0.0883. The first kappa shape index (κ1) is 21.6. The Balaban J connectivity index is 1.58. The van der Waals surface area contributed by atoms with Gasteiger partial charge in [-0.3, -0.25) is 9.78 Å². The number of fused-ring (bicyclic) bond motifs is 1. The highest BCUT2D eigenvalue weighted by atomic mass is 19.1. The van der Waals surface area contributed by atoms with Crippen molar-refractivity contribution in [2.75, 3.05) is 13.7 Å². The standard InChI is InChI=1S/C27H22FN3O3/c1-33-26-22(4-2-16-30-26)18-6-10-20(11-7-18)27(14-17-34-23-5-3-15-29-24(23)27)31-25(32)19-8-12-21(28)13-9-19/h2-13,15-16H,14,17H2,1H3,(H,31,32)/t27-/m0/s1. The van der Waals surface area contributed by atoms with Crippen molar-refractivity contribution >= 4 is 5.91 Å². The molecule has 0 saturated heterocycles. The normalized spacial score (nSPS) is 16.8. The molecule has 2 aromatic carbocycles. The second kappa shape index (κ2) is 8.94. The van der Waals surface area contributed by atoms with E-state index in [4.69, 9.17) is 9.47 Å². The van der Waals surface area contributed by atoms with E-state index in [1.54, 1.807) is 25.6 Å². The van der Waals surface area contributed by atoms with Crippen LogP contribution in [0.3, 0.4) is 0 Å². The van der Waals surface area contributed by atoms with Gasteiger partial charge < -0.3 is 14.8 Å². The van der Waals surface area contributed by atoms with E-state index in [1.165, 1.54) is 24.3 Å². The molecule has 0 fully saturated rings. The Hall–Kier alpha value is -4.26. The monoisotopic (exact) mass is 455 g/mol. The highest BCUT2D eigenvalue weighted by molar-refractivity contribution is 5.95. The van der Waals surface area contributed by atoms with Gasteiger partial charge in [0.25, 0.3) is 5.91 Å². The third-order valence-electron chi connectivity index (χ3n) is 6.00. The summed E-state index contributed by atoms with van der Waals surface area (Å²) < 4.78 is 24.6. The number of carbonyl (C=O) groups is 1. The minimum absolute atomic E-state index is 0.323. The predicted octanol–water partition coefficient (Wildman–Crippen LogP) is 4.75. The Morgan fingerprint density at radius 1 is 1.00 bits per heavy atom. The van der Waals surface area contributed by atoms with Crippen LogP contribution in [0.5, 0.6) is 11.6 Å². The van der Waals surface area contributed by atoms with Crippen molar-refractivity contribution in [3.05, 3.63) is 108 Å². The van der Waals surface area contributed by atoms with Gasteiger partial charge >= 0.3 is 0 Å². The maximum Gasteiger partial charge on any atom is 0.252 e. The van der Waals surface area contributed by atoms with Crippen LogP contribution in [-0.4, -0.2) is 29.6 Å². The van der Waals surface area contributed by atoms with Crippen molar-refractivity contribution in [1.82, 2.24) is 15.3 Å². The zero-order valence-corrected chi connectivity index (χ0v) is 18.5. The summed E-state index contributed by atoms with van der Waals surface area (Å²) in [6.07, 6.45) is 3.85. The van der Waals surface area contributed by atoms with Crippen molar-refractivity contribution in [3.63, 3.8) is 0 Å². The van der Waals surface area contributed by atoms with Gasteiger partial charge in [-0.05, 0) is 59.7 Å². The van der Waals surface area contributed by atoms with Crippen LogP contribution in [0.25, 0.3) is 11.1 Å². The van der Waals surface area contributed by atoms with E-state index in [2.05, 4.69) is 15.3 Å². The third-order valence-corrected chi connectivity index (χ3v) is 6.00. The number of carbonyl (C=O) groups excluding carboxylic acids is 1. The second-order valence-electron chi connectivity index (χ2n) is 7.95. The minimum atomic E-state index is -0.919. The summed E-state index contributed by atoms with van der Waals surface area (Å²) in [7, 11) is 1.59. The molecule has 0 saturated carbocycles. The van der Waals surface area contributed by atoms with Crippen molar-refractivity contribution in [2.45, 2.75) is 12.0 Å². The molecule has 34 heavy (non-hydrogen) atoms. The molecule has 0 aliphatic carbocycles. The molecule has 2 aromatic heterocycles. The number of aromatic nitrogens is 2. The van der Waals surface area contributed by atoms with Gasteiger partial charge in [-0.2, -0.15) is 0 Å². The summed E-state index contributed by atoms with van der Waals surface area (Å²) >= 11 is 0. The van der Waals surface area contributed by atoms with Crippen LogP contribution in [0.15, 0.2) is 85.2 Å². The van der Waals surface area contributed by atoms with E-state index in [0.717, 1.165) is 16.7 Å². The lowest BCUT2D eigenvalue weighted by Crippen LogP contribution is -2.50. The van der Waals surface area contributed by atoms with Crippen molar-refractivity contribution in [3.8, 4) is 22.8 Å². The van der Waals surface area contributed by atoms with Gasteiger partial charge in [0.15, 0.2) is 0 Å². The average Bonchev–Trinajstić information content (AvgIpc) is 2.89. The molecule has 6 nitrogen and oxygen atoms in total. The van der Waals surface area contributed by atoms with E-state index in [-0.39, 0.29) is 5.91 Å². The van der Waals surface area contributed by atoms with Gasteiger partial charge in [-0.1, -0.05) is 24.3 Å². The first-order valence-corrected chi connectivity index (χ1v) is 10.9. The molecule has 0 spiro atoms. The largest absolute Gasteiger partial charge is 0.491 e. The number of pyridine rings is 2. The van der Waals surface area contributed by atoms with Gasteiger partial charge in [-0.25, -0.2) is 9.37 Å². The topological polar surface area (TPSA) is 73.3 Å². The van der Waals surface area contributed by atoms with Crippen molar-refractivity contribution in [1.29, 1.82) is 0 Å². The first-order valence-electron chi connectivity index (χ1n) is 10.9. The fourth-order valence-electron chi connectivity index (χ4n) is 4.31. The Morgan fingerprint density at radius 2 is 1.74 bits per heavy atom. The molecule has 1 N–H and O–H groups in total. The van der Waals surface area contributed by atoms with Crippen LogP contribution in [0.2, 0.25) is 0 Å². The number of methoxy groups -OCH3 is 1. The molecule has 7 heteroatoms. The fraction of sp³-hybridized carbons (Fsp3) is 0.148. The van der Waals surface area contributed by atoms with Gasteiger partial charge in [0.1, 0.15) is 22.8 Å². The number of amides is 1. The minimum Gasteiger partial charge on any atom is -0.491 e. The predicted molar refractivity (Wildman–Crippen MR) is 125 cm³/mol. The highest BCUT2D eigenvalue weighted by Crippen LogP contribution is 2.41. The van der Waals surface area contributed by atoms with Crippen LogP contribution in [0.1, 0.15) is 28.0 Å². The number of halogens is 1. The molecule has 1 amide bonds. The first-order chi connectivity index (χ1) is 16.6. The molecular formula is C27H22FN3O3. The van der Waals surface area contributed by atoms with Crippen LogP contribution < -0.4 is 14.8 Å². The van der Waals surface area contributed by atoms with Gasteiger partial charge in [0.2, 0.25) is 5.88 Å². The summed E-state index contributed by atoms with van der Waals surface area (Å²) in [4.78, 5) is 22.1. The summed E-state index contributed by atoms with van der Waals surface area (Å²) in [5.74, 6) is 0.432. The molecule has 3 heterocycles. The molecule has 4 aromatic rings. The quantitative estimate of drug-likeness (QED) is 0.470. The second-order valence-corrected chi connectivity index (χ2v) is 7.95. The lowest BCUT2D eigenvalue weighted by Gasteiger charge is -2.39. The molecule has 0 radical (unpaired) electrons. The zero-order valence-electron chi connectivity index (χ0n) is 18.5. The fourth-order valence-corrected chi connectivity index (χ4v) is 4.31. The maximum absolute atomic E-state index is 13.4. The highest BCUT2D eigenvalue weighted by Gasteiger charge is 2.42. The molecule has 170 valence electrons. The lowest BCUT2D eigenvalue weighted by atomic mass is 9.80. The zero-order chi connectivity index (χ0) is 23.5. The van der Waals surface area contributed by atoms with E-state index in [9.17, 15) is 9.18 Å². The average molecular weight is 455 g/mol. The smallest absolute Gasteiger partial charge is 0.252 e. The summed E-state index contributed by atoms with van der Waals surface area (Å²) in [6.45, 7) is 0.403. The Bertz CT molecular complexity index is 1330. The van der Waals surface area contributed by atoms with Crippen LogP contribution in [0.4, 0.5) is 4.39 Å². The molecule has 1 aliphatic rings. The van der Waals surface area contributed by atoms with Crippen LogP contribution in [-0.2, 0) is 5.54 Å². The van der Waals surface area contributed by atoms with Crippen LogP contribution in [0, 0.1) is 5.82 Å². The number of ether oxygens (including phenoxy) is 2. The van der Waals surface area contributed by atoms with Crippen molar-refractivity contribution < 1.29 is 18.7 Å². The van der Waals surface area contributed by atoms with E-state index in [0.29, 0.717) is 35.9 Å². The Morgan fingerprint density at radius 3 is 2.50 bits per heavy atom. The molecule has 1 aliphatic heterocycles. The number of nitrogens with zero attached hydrogens (tertiary/aromatic N) is 2. The van der Waals surface area contributed by atoms with E-state index >= 15 is 0 Å². The number of benzene rings is 2. The number of hydrogen-bond donors (Lipinski definition) is 1. The summed E-state index contributed by atoms with van der Waals surface area (Å²) in [5.41, 5.74) is 2.73. The van der Waals surface area contributed by atoms with Gasteiger partial charge in [0.05, 0.1) is 13.7 Å². The van der Waals surface area contributed by atoms with Gasteiger partial charge in [0, 0.05) is 29.9 Å². The van der Waals surface area contributed by atoms with Gasteiger partial charge in [-0.15, -0.1) is 0 Å². The SMILES string of the molecule is COc1ncccc1-c1ccc([C@@]2(NC(=O)c3ccc(F)cc3)CCOc3cccnc32)cc1. The van der Waals surface area contributed by atoms with Crippen molar-refractivity contribution in [2.24, 2.45) is 0 Å². The number of rotatable bonds is 5. The molecule has 0 unspecified atom stereocenters. The molecule has 1 atom stereocenters. The number of hydrogen-bond acceptors (Lipinski definition) is 5. The summed E-state index contributed by atoms with van der Waals surface area (Å²) in [5, 5.41) is 3.18. The van der Waals surface area contributed by atoms with E-state index in [1.807, 2.05) is 42.5 Å².